The Morgan fingerprint density at radius 3 is 2.76 bits per heavy atom. The second-order valence-electron chi connectivity index (χ2n) is 7.39. The summed E-state index contributed by atoms with van der Waals surface area (Å²) in [5, 5.41) is 0. The topological polar surface area (TPSA) is 62.4 Å². The summed E-state index contributed by atoms with van der Waals surface area (Å²) in [6, 6.07) is 0. The number of nitrogens with zero attached hydrogens (tertiary/aromatic N) is 1. The number of nitrogens with one attached hydrogen (secondary N) is 1. The van der Waals surface area contributed by atoms with Gasteiger partial charge in [-0.3, -0.25) is 4.79 Å². The molecule has 1 spiro atoms. The SMILES string of the molecule is CCOC(=O)c1c(C)[nH]c(C(=O)N2CCC[C@@]3(CC=CCC3)C2)c1C. The molecule has 5 heteroatoms. The molecule has 0 aromatic carbocycles. The third kappa shape index (κ3) is 3.37. The first-order chi connectivity index (χ1) is 12.0. The van der Waals surface area contributed by atoms with Crippen LogP contribution in [0.5, 0.6) is 0 Å². The molecule has 1 aromatic rings. The minimum Gasteiger partial charge on any atom is -0.462 e. The zero-order valence-electron chi connectivity index (χ0n) is 15.5. The molecule has 0 bridgehead atoms. The van der Waals surface area contributed by atoms with Crippen LogP contribution in [0.15, 0.2) is 12.2 Å². The van der Waals surface area contributed by atoms with Crippen molar-refractivity contribution in [3.63, 3.8) is 0 Å². The fourth-order valence-electron chi connectivity index (χ4n) is 4.33. The zero-order chi connectivity index (χ0) is 18.0. The second-order valence-corrected chi connectivity index (χ2v) is 7.39. The predicted molar refractivity (Wildman–Crippen MR) is 96.8 cm³/mol. The first-order valence-electron chi connectivity index (χ1n) is 9.28. The molecule has 1 aromatic heterocycles. The van der Waals surface area contributed by atoms with Crippen molar-refractivity contribution in [2.24, 2.45) is 5.41 Å². The lowest BCUT2D eigenvalue weighted by molar-refractivity contribution is 0.0479. The highest BCUT2D eigenvalue weighted by Gasteiger charge is 2.38. The lowest BCUT2D eigenvalue weighted by atomic mass is 9.71. The van der Waals surface area contributed by atoms with Crippen molar-refractivity contribution in [3.8, 4) is 0 Å². The molecule has 5 nitrogen and oxygen atoms in total. The van der Waals surface area contributed by atoms with Crippen LogP contribution >= 0.6 is 0 Å². The number of amides is 1. The normalized spacial score (nSPS) is 23.1. The van der Waals surface area contributed by atoms with Crippen LogP contribution in [-0.4, -0.2) is 41.5 Å². The van der Waals surface area contributed by atoms with Crippen molar-refractivity contribution in [1.82, 2.24) is 9.88 Å². The molecule has 1 aliphatic heterocycles. The Hall–Kier alpha value is -2.04. The summed E-state index contributed by atoms with van der Waals surface area (Å²) in [6.45, 7) is 7.35. The number of esters is 1. The number of hydrogen-bond acceptors (Lipinski definition) is 3. The summed E-state index contributed by atoms with van der Waals surface area (Å²) >= 11 is 0. The van der Waals surface area contributed by atoms with Gasteiger partial charge in [0, 0.05) is 18.8 Å². The molecule has 2 aliphatic rings. The molecular formula is C20H28N2O3. The zero-order valence-corrected chi connectivity index (χ0v) is 15.5. The number of aryl methyl sites for hydroxylation is 1. The van der Waals surface area contributed by atoms with Gasteiger partial charge in [0.05, 0.1) is 12.2 Å². The molecule has 1 N–H and O–H groups in total. The minimum absolute atomic E-state index is 0.00442. The molecule has 0 saturated carbocycles. The van der Waals surface area contributed by atoms with E-state index in [0.29, 0.717) is 29.1 Å². The number of piperidine rings is 1. The van der Waals surface area contributed by atoms with Crippen molar-refractivity contribution in [1.29, 1.82) is 0 Å². The van der Waals surface area contributed by atoms with E-state index in [1.807, 2.05) is 18.7 Å². The summed E-state index contributed by atoms with van der Waals surface area (Å²) in [6.07, 6.45) is 10.1. The lowest BCUT2D eigenvalue weighted by Gasteiger charge is -2.43. The van der Waals surface area contributed by atoms with Gasteiger partial charge < -0.3 is 14.6 Å². The molecule has 1 amide bonds. The van der Waals surface area contributed by atoms with Crippen LogP contribution in [0.3, 0.4) is 0 Å². The van der Waals surface area contributed by atoms with Gasteiger partial charge in [0.25, 0.3) is 5.91 Å². The largest absolute Gasteiger partial charge is 0.462 e. The smallest absolute Gasteiger partial charge is 0.340 e. The van der Waals surface area contributed by atoms with Crippen molar-refractivity contribution >= 4 is 11.9 Å². The molecule has 1 saturated heterocycles. The monoisotopic (exact) mass is 344 g/mol. The van der Waals surface area contributed by atoms with E-state index in [0.717, 1.165) is 38.8 Å². The van der Waals surface area contributed by atoms with Crippen LogP contribution in [0.4, 0.5) is 0 Å². The van der Waals surface area contributed by atoms with Gasteiger partial charge in [-0.15, -0.1) is 0 Å². The number of aromatic amines is 1. The highest BCUT2D eigenvalue weighted by Crippen LogP contribution is 2.41. The van der Waals surface area contributed by atoms with Crippen LogP contribution in [-0.2, 0) is 4.74 Å². The number of rotatable bonds is 3. The fraction of sp³-hybridized carbons (Fsp3) is 0.600. The number of ether oxygens (including phenoxy) is 1. The Morgan fingerprint density at radius 1 is 1.28 bits per heavy atom. The van der Waals surface area contributed by atoms with Crippen LogP contribution in [0.1, 0.15) is 71.1 Å². The Labute approximate surface area is 149 Å². The number of aromatic nitrogens is 1. The van der Waals surface area contributed by atoms with E-state index in [2.05, 4.69) is 17.1 Å². The number of carbonyl (C=O) groups is 2. The molecule has 25 heavy (non-hydrogen) atoms. The average molecular weight is 344 g/mol. The highest BCUT2D eigenvalue weighted by molar-refractivity contribution is 6.00. The van der Waals surface area contributed by atoms with E-state index < -0.39 is 0 Å². The Kier molecular flexibility index (Phi) is 5.02. The standard InChI is InChI=1S/C20H28N2O3/c1-4-25-19(24)16-14(2)17(21-15(16)3)18(23)22-12-8-11-20(13-22)9-6-5-7-10-20/h5-6,21H,4,7-13H2,1-3H3/t20-/m0/s1. The number of H-pyrrole nitrogens is 1. The van der Waals surface area contributed by atoms with Gasteiger partial charge >= 0.3 is 5.97 Å². The summed E-state index contributed by atoms with van der Waals surface area (Å²) in [7, 11) is 0. The van der Waals surface area contributed by atoms with Crippen molar-refractivity contribution in [2.45, 2.75) is 52.9 Å². The van der Waals surface area contributed by atoms with Gasteiger partial charge in [-0.05, 0) is 63.9 Å². The molecule has 1 fully saturated rings. The van der Waals surface area contributed by atoms with Gasteiger partial charge in [-0.25, -0.2) is 4.79 Å². The van der Waals surface area contributed by atoms with E-state index in [1.165, 1.54) is 6.42 Å². The van der Waals surface area contributed by atoms with Crippen molar-refractivity contribution < 1.29 is 14.3 Å². The Balaban J connectivity index is 1.82. The first kappa shape index (κ1) is 17.8. The third-order valence-corrected chi connectivity index (χ3v) is 5.64. The van der Waals surface area contributed by atoms with Crippen molar-refractivity contribution in [2.75, 3.05) is 19.7 Å². The summed E-state index contributed by atoms with van der Waals surface area (Å²) in [5.41, 5.74) is 2.67. The molecule has 136 valence electrons. The van der Waals surface area contributed by atoms with Gasteiger partial charge in [0.1, 0.15) is 5.69 Å². The van der Waals surface area contributed by atoms with Gasteiger partial charge in [0.15, 0.2) is 0 Å². The van der Waals surface area contributed by atoms with Crippen LogP contribution in [0.25, 0.3) is 0 Å². The predicted octanol–water partition coefficient (Wildman–Crippen LogP) is 3.77. The quantitative estimate of drug-likeness (QED) is 0.670. The van der Waals surface area contributed by atoms with E-state index in [-0.39, 0.29) is 17.3 Å². The molecule has 0 unspecified atom stereocenters. The minimum atomic E-state index is -0.361. The number of likely N-dealkylation sites (tertiary alicyclic amines) is 1. The molecule has 3 rings (SSSR count). The lowest BCUT2D eigenvalue weighted by Crippen LogP contribution is -2.46. The second kappa shape index (κ2) is 7.06. The third-order valence-electron chi connectivity index (χ3n) is 5.64. The van der Waals surface area contributed by atoms with E-state index >= 15 is 0 Å². The van der Waals surface area contributed by atoms with Gasteiger partial charge in [0.2, 0.25) is 0 Å². The first-order valence-corrected chi connectivity index (χ1v) is 9.28. The van der Waals surface area contributed by atoms with Gasteiger partial charge in [-0.1, -0.05) is 12.2 Å². The van der Waals surface area contributed by atoms with E-state index in [4.69, 9.17) is 4.74 Å². The van der Waals surface area contributed by atoms with E-state index in [1.54, 1.807) is 6.92 Å². The maximum atomic E-state index is 13.1. The summed E-state index contributed by atoms with van der Waals surface area (Å²) in [5.74, 6) is -0.356. The van der Waals surface area contributed by atoms with Crippen molar-refractivity contribution in [3.05, 3.63) is 34.7 Å². The Bertz CT molecular complexity index is 704. The molecule has 2 heterocycles. The summed E-state index contributed by atoms with van der Waals surface area (Å²) in [4.78, 5) is 30.4. The number of hydrogen-bond donors (Lipinski definition) is 1. The van der Waals surface area contributed by atoms with Crippen LogP contribution < -0.4 is 0 Å². The van der Waals surface area contributed by atoms with Crippen LogP contribution in [0, 0.1) is 19.3 Å². The number of allylic oxidation sites excluding steroid dienone is 2. The Morgan fingerprint density at radius 2 is 2.08 bits per heavy atom. The van der Waals surface area contributed by atoms with Gasteiger partial charge in [-0.2, -0.15) is 0 Å². The average Bonchev–Trinajstić information content (AvgIpc) is 2.89. The molecular weight excluding hydrogens is 316 g/mol. The highest BCUT2D eigenvalue weighted by atomic mass is 16.5. The maximum Gasteiger partial charge on any atom is 0.340 e. The molecule has 0 radical (unpaired) electrons. The van der Waals surface area contributed by atoms with E-state index in [9.17, 15) is 9.59 Å². The number of carbonyl (C=O) groups excluding carboxylic acids is 2. The summed E-state index contributed by atoms with van der Waals surface area (Å²) < 4.78 is 5.13. The fourth-order valence-corrected chi connectivity index (χ4v) is 4.33. The molecule has 1 aliphatic carbocycles. The maximum absolute atomic E-state index is 13.1. The molecule has 1 atom stereocenters. The van der Waals surface area contributed by atoms with Crippen LogP contribution in [0.2, 0.25) is 0 Å².